The van der Waals surface area contributed by atoms with Crippen molar-refractivity contribution in [1.29, 1.82) is 0 Å². The van der Waals surface area contributed by atoms with E-state index in [0.717, 1.165) is 12.8 Å². The fourth-order valence-corrected chi connectivity index (χ4v) is 6.41. The predicted molar refractivity (Wildman–Crippen MR) is 113 cm³/mol. The van der Waals surface area contributed by atoms with Gasteiger partial charge in [-0.1, -0.05) is 13.8 Å². The number of hydroxylamine groups is 3. The molecule has 0 saturated carbocycles. The highest BCUT2D eigenvalue weighted by atomic mass is 31.2. The van der Waals surface area contributed by atoms with Crippen molar-refractivity contribution in [1.82, 2.24) is 0 Å². The molecule has 8 nitrogen and oxygen atoms in total. The van der Waals surface area contributed by atoms with Crippen LogP contribution in [-0.4, -0.2) is 69.6 Å². The lowest BCUT2D eigenvalue weighted by Crippen LogP contribution is -2.52. The standard InChI is InChI=1S/C18H42NO7P2/c1-7-13-19(22-16-8-2,14-17-27(20,23-9-3)24-10-4)15-18-28(21,25-11-5)26-12-6/h7-18H2,1-6H3/q+1. The van der Waals surface area contributed by atoms with Gasteiger partial charge in [0, 0.05) is 0 Å². The Morgan fingerprint density at radius 3 is 1.29 bits per heavy atom. The molecular formula is C18H42NO7P2+. The summed E-state index contributed by atoms with van der Waals surface area (Å²) in [4.78, 5) is 6.20. The van der Waals surface area contributed by atoms with Crippen molar-refractivity contribution in [3.8, 4) is 0 Å². The third kappa shape index (κ3) is 10.8. The minimum atomic E-state index is -3.19. The fourth-order valence-electron chi connectivity index (χ4n) is 2.95. The molecular weight excluding hydrogens is 404 g/mol. The van der Waals surface area contributed by atoms with E-state index in [2.05, 4.69) is 6.92 Å². The summed E-state index contributed by atoms with van der Waals surface area (Å²) in [7, 11) is -6.38. The van der Waals surface area contributed by atoms with Gasteiger partial charge in [-0.2, -0.15) is 4.65 Å². The summed E-state index contributed by atoms with van der Waals surface area (Å²) < 4.78 is 47.8. The van der Waals surface area contributed by atoms with Gasteiger partial charge in [-0.05, 0) is 40.5 Å². The molecule has 0 amide bonds. The van der Waals surface area contributed by atoms with Gasteiger partial charge in [0.25, 0.3) is 0 Å². The lowest BCUT2D eigenvalue weighted by molar-refractivity contribution is -1.10. The van der Waals surface area contributed by atoms with E-state index in [1.165, 1.54) is 0 Å². The molecule has 0 radical (unpaired) electrons. The summed E-state index contributed by atoms with van der Waals surface area (Å²) in [6.07, 6.45) is 2.20. The van der Waals surface area contributed by atoms with Crippen LogP contribution in [0, 0.1) is 0 Å². The van der Waals surface area contributed by atoms with Crippen molar-refractivity contribution < 1.29 is 36.7 Å². The minimum absolute atomic E-state index is 0.235. The molecule has 0 spiro atoms. The van der Waals surface area contributed by atoms with Crippen molar-refractivity contribution in [2.75, 3.05) is 65.0 Å². The average molecular weight is 446 g/mol. The number of hydrogen-bond donors (Lipinski definition) is 0. The Kier molecular flexibility index (Phi) is 15.2. The highest BCUT2D eigenvalue weighted by Crippen LogP contribution is 2.50. The van der Waals surface area contributed by atoms with Crippen LogP contribution >= 0.6 is 15.2 Å². The van der Waals surface area contributed by atoms with Gasteiger partial charge in [0.15, 0.2) is 0 Å². The van der Waals surface area contributed by atoms with E-state index in [4.69, 9.17) is 22.9 Å². The first-order valence-electron chi connectivity index (χ1n) is 10.5. The number of nitrogens with zero attached hydrogens (tertiary/aromatic N) is 1. The Morgan fingerprint density at radius 1 is 0.607 bits per heavy atom. The van der Waals surface area contributed by atoms with Crippen LogP contribution in [0.1, 0.15) is 54.4 Å². The number of quaternary nitrogens is 1. The van der Waals surface area contributed by atoms with Crippen molar-refractivity contribution >= 4 is 15.2 Å². The van der Waals surface area contributed by atoms with Crippen LogP contribution in [0.25, 0.3) is 0 Å². The molecule has 0 heterocycles. The molecule has 0 atom stereocenters. The maximum Gasteiger partial charge on any atom is 0.336 e. The molecule has 0 rings (SSSR count). The van der Waals surface area contributed by atoms with Crippen molar-refractivity contribution in [3.05, 3.63) is 0 Å². The Morgan fingerprint density at radius 2 is 1.00 bits per heavy atom. The van der Waals surface area contributed by atoms with Crippen LogP contribution in [-0.2, 0) is 32.1 Å². The average Bonchev–Trinajstić information content (AvgIpc) is 2.64. The highest BCUT2D eigenvalue weighted by molar-refractivity contribution is 7.54. The second kappa shape index (κ2) is 15.1. The number of rotatable bonds is 19. The maximum atomic E-state index is 12.9. The Bertz CT molecular complexity index is 437. The van der Waals surface area contributed by atoms with E-state index < -0.39 is 15.2 Å². The van der Waals surface area contributed by atoms with Gasteiger partial charge in [-0.25, -0.2) is 4.84 Å². The molecule has 28 heavy (non-hydrogen) atoms. The summed E-state index contributed by atoms with van der Waals surface area (Å²) >= 11 is 0. The largest absolute Gasteiger partial charge is 0.336 e. The fraction of sp³-hybridized carbons (Fsp3) is 1.00. The summed E-state index contributed by atoms with van der Waals surface area (Å²) in [6, 6.07) is 0. The van der Waals surface area contributed by atoms with Crippen molar-refractivity contribution in [2.45, 2.75) is 54.4 Å². The van der Waals surface area contributed by atoms with E-state index in [1.807, 2.05) is 6.92 Å². The molecule has 0 aliphatic carbocycles. The highest BCUT2D eigenvalue weighted by Gasteiger charge is 2.38. The molecule has 0 aliphatic rings. The Labute approximate surface area is 171 Å². The molecule has 0 aromatic carbocycles. The molecule has 170 valence electrons. The normalized spacial score (nSPS) is 13.2. The number of hydrogen-bond acceptors (Lipinski definition) is 7. The lowest BCUT2D eigenvalue weighted by atomic mass is 10.4. The summed E-state index contributed by atoms with van der Waals surface area (Å²) in [5, 5.41) is 0. The summed E-state index contributed by atoms with van der Waals surface area (Å²) in [5.74, 6) is 0. The van der Waals surface area contributed by atoms with Gasteiger partial charge in [-0.15, -0.1) is 0 Å². The van der Waals surface area contributed by atoms with Crippen LogP contribution in [0.5, 0.6) is 0 Å². The van der Waals surface area contributed by atoms with Crippen LogP contribution < -0.4 is 0 Å². The first kappa shape index (κ1) is 28.2. The Hall–Kier alpha value is 0.220. The van der Waals surface area contributed by atoms with Gasteiger partial charge in [-0.3, -0.25) is 9.13 Å². The van der Waals surface area contributed by atoms with E-state index in [1.54, 1.807) is 27.7 Å². The lowest BCUT2D eigenvalue weighted by Gasteiger charge is -2.36. The zero-order valence-electron chi connectivity index (χ0n) is 18.7. The zero-order chi connectivity index (χ0) is 21.5. The molecule has 0 fully saturated rings. The van der Waals surface area contributed by atoms with Crippen LogP contribution in [0.15, 0.2) is 0 Å². The summed E-state index contributed by atoms with van der Waals surface area (Å²) in [6.45, 7) is 14.8. The van der Waals surface area contributed by atoms with E-state index in [0.29, 0.717) is 52.7 Å². The third-order valence-corrected chi connectivity index (χ3v) is 8.17. The van der Waals surface area contributed by atoms with Gasteiger partial charge in [0.05, 0.1) is 26.4 Å². The smallest absolute Gasteiger partial charge is 0.309 e. The van der Waals surface area contributed by atoms with Gasteiger partial charge < -0.3 is 18.1 Å². The molecule has 0 N–H and O–H groups in total. The molecule has 0 bridgehead atoms. The van der Waals surface area contributed by atoms with Crippen LogP contribution in [0.2, 0.25) is 0 Å². The van der Waals surface area contributed by atoms with E-state index in [9.17, 15) is 9.13 Å². The monoisotopic (exact) mass is 446 g/mol. The predicted octanol–water partition coefficient (Wildman–Crippen LogP) is 5.09. The van der Waals surface area contributed by atoms with Gasteiger partial charge in [0.1, 0.15) is 38.6 Å². The molecule has 0 unspecified atom stereocenters. The molecule has 0 saturated heterocycles. The molecule has 0 aliphatic heterocycles. The Balaban J connectivity index is 5.43. The molecule has 0 aromatic rings. The van der Waals surface area contributed by atoms with E-state index in [-0.39, 0.29) is 17.0 Å². The van der Waals surface area contributed by atoms with Crippen LogP contribution in [0.4, 0.5) is 0 Å². The maximum absolute atomic E-state index is 12.9. The van der Waals surface area contributed by atoms with Crippen molar-refractivity contribution in [3.63, 3.8) is 0 Å². The first-order valence-corrected chi connectivity index (χ1v) is 14.0. The second-order valence-electron chi connectivity index (χ2n) is 6.40. The van der Waals surface area contributed by atoms with Crippen LogP contribution in [0.3, 0.4) is 0 Å². The second-order valence-corrected chi connectivity index (χ2v) is 10.8. The van der Waals surface area contributed by atoms with Crippen molar-refractivity contribution in [2.24, 2.45) is 0 Å². The molecule has 0 aromatic heterocycles. The minimum Gasteiger partial charge on any atom is -0.309 e. The topological polar surface area (TPSA) is 80.3 Å². The van der Waals surface area contributed by atoms with Gasteiger partial charge in [0.2, 0.25) is 0 Å². The molecule has 10 heteroatoms. The zero-order valence-corrected chi connectivity index (χ0v) is 20.5. The van der Waals surface area contributed by atoms with Gasteiger partial charge >= 0.3 is 15.2 Å². The van der Waals surface area contributed by atoms with E-state index >= 15 is 0 Å². The first-order chi connectivity index (χ1) is 13.3. The third-order valence-electron chi connectivity index (χ3n) is 4.07. The summed E-state index contributed by atoms with van der Waals surface area (Å²) in [5.41, 5.74) is 0. The SMILES string of the molecule is CCCO[N+](CCC)(CCP(=O)(OCC)OCC)CCP(=O)(OCC)OCC. The quantitative estimate of drug-likeness (QED) is 0.155.